The van der Waals surface area contributed by atoms with Crippen molar-refractivity contribution in [2.24, 2.45) is 5.92 Å². The van der Waals surface area contributed by atoms with Gasteiger partial charge in [0.2, 0.25) is 0 Å². The number of benzene rings is 1. The van der Waals surface area contributed by atoms with Crippen molar-refractivity contribution in [1.29, 1.82) is 0 Å². The minimum absolute atomic E-state index is 0.300. The van der Waals surface area contributed by atoms with E-state index in [1.54, 1.807) is 0 Å². The largest absolute Gasteiger partial charge is 0.123 e. The first-order chi connectivity index (χ1) is 6.59. The summed E-state index contributed by atoms with van der Waals surface area (Å²) in [5.74, 6) is 0.570. The lowest BCUT2D eigenvalue weighted by Gasteiger charge is -2.12. The van der Waals surface area contributed by atoms with Crippen LogP contribution in [0.4, 0.5) is 0 Å². The third-order valence-electron chi connectivity index (χ3n) is 2.35. The van der Waals surface area contributed by atoms with Crippen molar-refractivity contribution >= 4 is 34.2 Å². The quantitative estimate of drug-likeness (QED) is 0.566. The highest BCUT2D eigenvalue weighted by atomic mass is 127. The molecular weight excluding hydrogens is 306 g/mol. The fourth-order valence-corrected chi connectivity index (χ4v) is 1.76. The zero-order chi connectivity index (χ0) is 10.6. The highest BCUT2D eigenvalue weighted by Gasteiger charge is 2.08. The third kappa shape index (κ3) is 4.18. The van der Waals surface area contributed by atoms with Crippen LogP contribution in [0.25, 0.3) is 0 Å². The Bertz CT molecular complexity index is 266. The Morgan fingerprint density at radius 1 is 1.21 bits per heavy atom. The van der Waals surface area contributed by atoms with Crippen molar-refractivity contribution in [3.05, 3.63) is 33.4 Å². The molecule has 1 rings (SSSR count). The Balaban J connectivity index is 2.42. The van der Waals surface area contributed by atoms with Crippen LogP contribution in [0.1, 0.15) is 25.8 Å². The molecule has 0 radical (unpaired) electrons. The lowest BCUT2D eigenvalue weighted by atomic mass is 10.0. The predicted molar refractivity (Wildman–Crippen MR) is 72.0 cm³/mol. The number of alkyl halides is 1. The molecule has 1 unspecified atom stereocenters. The van der Waals surface area contributed by atoms with Gasteiger partial charge in [-0.25, -0.2) is 0 Å². The molecule has 0 bridgehead atoms. The van der Waals surface area contributed by atoms with E-state index in [1.165, 1.54) is 9.13 Å². The zero-order valence-corrected chi connectivity index (χ0v) is 11.5. The minimum atomic E-state index is 0.300. The van der Waals surface area contributed by atoms with Crippen molar-refractivity contribution in [1.82, 2.24) is 0 Å². The van der Waals surface area contributed by atoms with Gasteiger partial charge in [-0.3, -0.25) is 0 Å². The molecule has 0 amide bonds. The lowest BCUT2D eigenvalue weighted by Crippen LogP contribution is -2.08. The van der Waals surface area contributed by atoms with Crippen LogP contribution in [0.15, 0.2) is 24.3 Å². The Morgan fingerprint density at radius 3 is 2.29 bits per heavy atom. The van der Waals surface area contributed by atoms with Crippen LogP contribution in [0.5, 0.6) is 0 Å². The molecular formula is C12H16ClI. The molecule has 0 aliphatic heterocycles. The van der Waals surface area contributed by atoms with E-state index in [9.17, 15) is 0 Å². The van der Waals surface area contributed by atoms with Crippen LogP contribution in [-0.4, -0.2) is 5.38 Å². The molecule has 0 saturated heterocycles. The summed E-state index contributed by atoms with van der Waals surface area (Å²) >= 11 is 8.52. The predicted octanol–water partition coefficient (Wildman–Crippen LogP) is 4.49. The Kier molecular flexibility index (Phi) is 5.24. The maximum absolute atomic E-state index is 6.20. The van der Waals surface area contributed by atoms with Gasteiger partial charge in [-0.1, -0.05) is 26.0 Å². The van der Waals surface area contributed by atoms with Crippen molar-refractivity contribution in [3.63, 3.8) is 0 Å². The molecule has 0 aromatic heterocycles. The fourth-order valence-electron chi connectivity index (χ4n) is 1.29. The van der Waals surface area contributed by atoms with Crippen LogP contribution in [0, 0.1) is 9.49 Å². The topological polar surface area (TPSA) is 0 Å². The molecule has 0 aliphatic rings. The highest BCUT2D eigenvalue weighted by molar-refractivity contribution is 14.1. The average molecular weight is 323 g/mol. The van der Waals surface area contributed by atoms with Crippen LogP contribution in [0.3, 0.4) is 0 Å². The Hall–Kier alpha value is 0.240. The average Bonchev–Trinajstić information content (AvgIpc) is 2.16. The standard InChI is InChI=1S/C12H16ClI/c1-9(2)12(13)8-5-10-3-6-11(14)7-4-10/h3-4,6-7,9,12H,5,8H2,1-2H3. The normalized spacial score (nSPS) is 13.2. The first-order valence-electron chi connectivity index (χ1n) is 4.98. The molecule has 14 heavy (non-hydrogen) atoms. The van der Waals surface area contributed by atoms with E-state index in [0.29, 0.717) is 11.3 Å². The molecule has 78 valence electrons. The van der Waals surface area contributed by atoms with E-state index < -0.39 is 0 Å². The number of hydrogen-bond donors (Lipinski definition) is 0. The molecule has 0 aliphatic carbocycles. The second-order valence-corrected chi connectivity index (χ2v) is 5.73. The van der Waals surface area contributed by atoms with Gasteiger partial charge in [-0.2, -0.15) is 0 Å². The highest BCUT2D eigenvalue weighted by Crippen LogP contribution is 2.17. The summed E-state index contributed by atoms with van der Waals surface area (Å²) in [6, 6.07) is 8.67. The molecule has 1 aromatic rings. The van der Waals surface area contributed by atoms with Gasteiger partial charge >= 0.3 is 0 Å². The van der Waals surface area contributed by atoms with Crippen LogP contribution >= 0.6 is 34.2 Å². The van der Waals surface area contributed by atoms with Crippen molar-refractivity contribution in [3.8, 4) is 0 Å². The zero-order valence-electron chi connectivity index (χ0n) is 8.63. The van der Waals surface area contributed by atoms with Gasteiger partial charge in [0.05, 0.1) is 0 Å². The third-order valence-corrected chi connectivity index (χ3v) is 3.79. The van der Waals surface area contributed by atoms with Crippen LogP contribution in [0.2, 0.25) is 0 Å². The summed E-state index contributed by atoms with van der Waals surface area (Å²) < 4.78 is 1.29. The van der Waals surface area contributed by atoms with Crippen LogP contribution < -0.4 is 0 Å². The van der Waals surface area contributed by atoms with Crippen molar-refractivity contribution < 1.29 is 0 Å². The summed E-state index contributed by atoms with van der Waals surface area (Å²) in [5.41, 5.74) is 1.39. The van der Waals surface area contributed by atoms with Gasteiger partial charge < -0.3 is 0 Å². The van der Waals surface area contributed by atoms with Crippen molar-refractivity contribution in [2.45, 2.75) is 32.1 Å². The second kappa shape index (κ2) is 5.96. The molecule has 0 N–H and O–H groups in total. The molecule has 0 nitrogen and oxygen atoms in total. The molecule has 1 aromatic carbocycles. The smallest absolute Gasteiger partial charge is 0.0362 e. The SMILES string of the molecule is CC(C)C(Cl)CCc1ccc(I)cc1. The molecule has 0 fully saturated rings. The monoisotopic (exact) mass is 322 g/mol. The Labute approximate surface area is 105 Å². The van der Waals surface area contributed by atoms with Gasteiger partial charge in [-0.05, 0) is 59.0 Å². The Morgan fingerprint density at radius 2 is 1.79 bits per heavy atom. The number of aryl methyl sites for hydroxylation is 1. The maximum atomic E-state index is 6.20. The van der Waals surface area contributed by atoms with Gasteiger partial charge in [0.1, 0.15) is 0 Å². The number of rotatable bonds is 4. The van der Waals surface area contributed by atoms with E-state index >= 15 is 0 Å². The summed E-state index contributed by atoms with van der Waals surface area (Å²) in [5, 5.41) is 0.300. The summed E-state index contributed by atoms with van der Waals surface area (Å²) in [6.45, 7) is 4.34. The van der Waals surface area contributed by atoms with E-state index in [-0.39, 0.29) is 0 Å². The van der Waals surface area contributed by atoms with E-state index in [2.05, 4.69) is 60.7 Å². The molecule has 2 heteroatoms. The first kappa shape index (κ1) is 12.3. The van der Waals surface area contributed by atoms with E-state index in [0.717, 1.165) is 12.8 Å². The van der Waals surface area contributed by atoms with E-state index in [4.69, 9.17) is 11.6 Å². The molecule has 0 heterocycles. The molecule has 0 spiro atoms. The minimum Gasteiger partial charge on any atom is -0.123 e. The van der Waals surface area contributed by atoms with Gasteiger partial charge in [0.25, 0.3) is 0 Å². The number of hydrogen-bond acceptors (Lipinski definition) is 0. The summed E-state index contributed by atoms with van der Waals surface area (Å²) in [7, 11) is 0. The molecule has 0 saturated carbocycles. The van der Waals surface area contributed by atoms with Gasteiger partial charge in [-0.15, -0.1) is 11.6 Å². The second-order valence-electron chi connectivity index (χ2n) is 3.93. The molecule has 1 atom stereocenters. The van der Waals surface area contributed by atoms with Gasteiger partial charge in [0, 0.05) is 8.95 Å². The number of halogens is 2. The first-order valence-corrected chi connectivity index (χ1v) is 6.49. The fraction of sp³-hybridized carbons (Fsp3) is 0.500. The van der Waals surface area contributed by atoms with Gasteiger partial charge in [0.15, 0.2) is 0 Å². The lowest BCUT2D eigenvalue weighted by molar-refractivity contribution is 0.565. The van der Waals surface area contributed by atoms with E-state index in [1.807, 2.05) is 0 Å². The van der Waals surface area contributed by atoms with Crippen molar-refractivity contribution in [2.75, 3.05) is 0 Å². The summed E-state index contributed by atoms with van der Waals surface area (Å²) in [6.07, 6.45) is 2.16. The maximum Gasteiger partial charge on any atom is 0.0362 e. The van der Waals surface area contributed by atoms with Crippen LogP contribution in [-0.2, 0) is 6.42 Å². The summed E-state index contributed by atoms with van der Waals surface area (Å²) in [4.78, 5) is 0.